The Hall–Kier alpha value is -2.76. The van der Waals surface area contributed by atoms with Crippen LogP contribution in [-0.2, 0) is 0 Å². The molecule has 2 aromatic rings. The molecule has 24 heavy (non-hydrogen) atoms. The topological polar surface area (TPSA) is 59.6 Å². The molecule has 2 aliphatic rings. The summed E-state index contributed by atoms with van der Waals surface area (Å²) in [6.07, 6.45) is 2.11. The van der Waals surface area contributed by atoms with E-state index < -0.39 is 11.7 Å². The zero-order valence-corrected chi connectivity index (χ0v) is 13.0. The first-order chi connectivity index (χ1) is 11.7. The van der Waals surface area contributed by atoms with Gasteiger partial charge in [-0.2, -0.15) is 0 Å². The van der Waals surface area contributed by atoms with E-state index in [9.17, 15) is 9.18 Å². The first-order valence-electron chi connectivity index (χ1n) is 7.97. The van der Waals surface area contributed by atoms with Gasteiger partial charge in [0.2, 0.25) is 0 Å². The zero-order chi connectivity index (χ0) is 16.5. The SMILES string of the molecule is O=C(Nc1c(F)cccc1NC1CC1)c1cccc2c1OCCO2. The second kappa shape index (κ2) is 6.03. The number of fused-ring (bicyclic) bond motifs is 1. The lowest BCUT2D eigenvalue weighted by Gasteiger charge is -2.21. The highest BCUT2D eigenvalue weighted by molar-refractivity contribution is 6.08. The molecular formula is C18H17FN2O3. The quantitative estimate of drug-likeness (QED) is 0.903. The molecule has 0 spiro atoms. The summed E-state index contributed by atoms with van der Waals surface area (Å²) in [5, 5.41) is 5.90. The maximum atomic E-state index is 14.2. The highest BCUT2D eigenvalue weighted by Crippen LogP contribution is 2.35. The molecule has 0 bridgehead atoms. The van der Waals surface area contributed by atoms with Gasteiger partial charge in [-0.15, -0.1) is 0 Å². The summed E-state index contributed by atoms with van der Waals surface area (Å²) in [5.41, 5.74) is 1.07. The number of ether oxygens (including phenoxy) is 2. The van der Waals surface area contributed by atoms with E-state index in [0.717, 1.165) is 12.8 Å². The van der Waals surface area contributed by atoms with Gasteiger partial charge in [0, 0.05) is 6.04 Å². The van der Waals surface area contributed by atoms with E-state index in [2.05, 4.69) is 10.6 Å². The average molecular weight is 328 g/mol. The van der Waals surface area contributed by atoms with Crippen molar-refractivity contribution in [1.82, 2.24) is 0 Å². The smallest absolute Gasteiger partial charge is 0.259 e. The minimum absolute atomic E-state index is 0.156. The highest BCUT2D eigenvalue weighted by Gasteiger charge is 2.25. The molecule has 2 aromatic carbocycles. The fourth-order valence-electron chi connectivity index (χ4n) is 2.65. The predicted molar refractivity (Wildman–Crippen MR) is 88.4 cm³/mol. The number of carbonyl (C=O) groups is 1. The van der Waals surface area contributed by atoms with Crippen molar-refractivity contribution in [2.24, 2.45) is 0 Å². The number of carbonyl (C=O) groups excluding carboxylic acids is 1. The van der Waals surface area contributed by atoms with Gasteiger partial charge in [-0.3, -0.25) is 4.79 Å². The third-order valence-corrected chi connectivity index (χ3v) is 4.00. The van der Waals surface area contributed by atoms with E-state index in [-0.39, 0.29) is 5.69 Å². The van der Waals surface area contributed by atoms with Crippen LogP contribution in [0.15, 0.2) is 36.4 Å². The lowest BCUT2D eigenvalue weighted by molar-refractivity contribution is 0.101. The van der Waals surface area contributed by atoms with Crippen LogP contribution < -0.4 is 20.1 Å². The molecule has 1 aliphatic carbocycles. The molecule has 1 heterocycles. The maximum Gasteiger partial charge on any atom is 0.259 e. The van der Waals surface area contributed by atoms with Crippen LogP contribution in [0, 0.1) is 5.82 Å². The van der Waals surface area contributed by atoms with Gasteiger partial charge in [0.25, 0.3) is 5.91 Å². The van der Waals surface area contributed by atoms with Crippen molar-refractivity contribution in [3.05, 3.63) is 47.8 Å². The van der Waals surface area contributed by atoms with E-state index >= 15 is 0 Å². The summed E-state index contributed by atoms with van der Waals surface area (Å²) in [6, 6.07) is 10.2. The van der Waals surface area contributed by atoms with E-state index in [4.69, 9.17) is 9.47 Å². The Labute approximate surface area is 138 Å². The van der Waals surface area contributed by atoms with Gasteiger partial charge in [-0.1, -0.05) is 12.1 Å². The fourth-order valence-corrected chi connectivity index (χ4v) is 2.65. The molecular weight excluding hydrogens is 311 g/mol. The number of hydrogen-bond acceptors (Lipinski definition) is 4. The molecule has 1 amide bonds. The number of hydrogen-bond donors (Lipinski definition) is 2. The number of nitrogens with one attached hydrogen (secondary N) is 2. The molecule has 1 fully saturated rings. The van der Waals surface area contributed by atoms with Gasteiger partial charge in [0.1, 0.15) is 24.7 Å². The minimum atomic E-state index is -0.476. The molecule has 2 N–H and O–H groups in total. The molecule has 1 saturated carbocycles. The highest BCUT2D eigenvalue weighted by atomic mass is 19.1. The lowest BCUT2D eigenvalue weighted by Crippen LogP contribution is -2.21. The summed E-state index contributed by atoms with van der Waals surface area (Å²) in [7, 11) is 0. The Morgan fingerprint density at radius 1 is 1.08 bits per heavy atom. The third-order valence-electron chi connectivity index (χ3n) is 4.00. The number of anilines is 2. The van der Waals surface area contributed by atoms with Crippen LogP contribution in [0.1, 0.15) is 23.2 Å². The summed E-state index contributed by atoms with van der Waals surface area (Å²) in [6.45, 7) is 0.826. The van der Waals surface area contributed by atoms with Gasteiger partial charge in [0.15, 0.2) is 11.5 Å². The minimum Gasteiger partial charge on any atom is -0.486 e. The van der Waals surface area contributed by atoms with Crippen LogP contribution in [0.4, 0.5) is 15.8 Å². The Balaban J connectivity index is 1.63. The summed E-state index contributed by atoms with van der Waals surface area (Å²) < 4.78 is 25.3. The Morgan fingerprint density at radius 2 is 1.88 bits per heavy atom. The Kier molecular flexibility index (Phi) is 3.72. The van der Waals surface area contributed by atoms with Crippen molar-refractivity contribution in [1.29, 1.82) is 0 Å². The molecule has 0 radical (unpaired) electrons. The number of para-hydroxylation sites is 2. The third kappa shape index (κ3) is 2.87. The van der Waals surface area contributed by atoms with Gasteiger partial charge in [-0.05, 0) is 37.1 Å². The van der Waals surface area contributed by atoms with Gasteiger partial charge < -0.3 is 20.1 Å². The summed E-state index contributed by atoms with van der Waals surface area (Å²) in [5.74, 6) is 0.0188. The van der Waals surface area contributed by atoms with Crippen molar-refractivity contribution in [3.63, 3.8) is 0 Å². The molecule has 0 unspecified atom stereocenters. The Morgan fingerprint density at radius 3 is 2.71 bits per heavy atom. The molecule has 1 aliphatic heterocycles. The monoisotopic (exact) mass is 328 g/mol. The van der Waals surface area contributed by atoms with Crippen LogP contribution in [0.2, 0.25) is 0 Å². The van der Waals surface area contributed by atoms with Crippen LogP contribution in [0.3, 0.4) is 0 Å². The summed E-state index contributed by atoms with van der Waals surface area (Å²) in [4.78, 5) is 12.7. The van der Waals surface area contributed by atoms with Crippen molar-refractivity contribution < 1.29 is 18.7 Å². The standard InChI is InChI=1S/C18H17FN2O3/c19-13-4-2-5-14(20-11-7-8-11)16(13)21-18(22)12-3-1-6-15-17(12)24-10-9-23-15/h1-6,11,20H,7-10H2,(H,21,22). The van der Waals surface area contributed by atoms with E-state index in [0.29, 0.717) is 42.0 Å². The van der Waals surface area contributed by atoms with Crippen molar-refractivity contribution in [2.75, 3.05) is 23.8 Å². The second-order valence-corrected chi connectivity index (χ2v) is 5.86. The molecule has 4 rings (SSSR count). The molecule has 0 saturated heterocycles. The van der Waals surface area contributed by atoms with Gasteiger partial charge in [-0.25, -0.2) is 4.39 Å². The largest absolute Gasteiger partial charge is 0.486 e. The van der Waals surface area contributed by atoms with Crippen LogP contribution in [0.5, 0.6) is 11.5 Å². The predicted octanol–water partition coefficient (Wildman–Crippen LogP) is 3.42. The molecule has 6 heteroatoms. The van der Waals surface area contributed by atoms with Crippen LogP contribution in [0.25, 0.3) is 0 Å². The fraction of sp³-hybridized carbons (Fsp3) is 0.278. The van der Waals surface area contributed by atoms with Crippen LogP contribution in [-0.4, -0.2) is 25.2 Å². The number of benzene rings is 2. The average Bonchev–Trinajstić information content (AvgIpc) is 3.41. The van der Waals surface area contributed by atoms with Crippen LogP contribution >= 0.6 is 0 Å². The number of amides is 1. The lowest BCUT2D eigenvalue weighted by atomic mass is 10.1. The normalized spacial score (nSPS) is 15.7. The first-order valence-corrected chi connectivity index (χ1v) is 7.97. The first kappa shape index (κ1) is 14.8. The zero-order valence-electron chi connectivity index (χ0n) is 13.0. The Bertz CT molecular complexity index is 790. The molecule has 0 aromatic heterocycles. The second-order valence-electron chi connectivity index (χ2n) is 5.86. The number of rotatable bonds is 4. The van der Waals surface area contributed by atoms with Crippen molar-refractivity contribution >= 4 is 17.3 Å². The molecule has 0 atom stereocenters. The van der Waals surface area contributed by atoms with E-state index in [1.807, 2.05) is 0 Å². The molecule has 124 valence electrons. The number of halogens is 1. The van der Waals surface area contributed by atoms with E-state index in [1.165, 1.54) is 6.07 Å². The van der Waals surface area contributed by atoms with Gasteiger partial charge in [0.05, 0.1) is 11.3 Å². The van der Waals surface area contributed by atoms with Gasteiger partial charge >= 0.3 is 0 Å². The van der Waals surface area contributed by atoms with E-state index in [1.54, 1.807) is 30.3 Å². The van der Waals surface area contributed by atoms with Crippen molar-refractivity contribution in [3.8, 4) is 11.5 Å². The summed E-state index contributed by atoms with van der Waals surface area (Å²) >= 11 is 0. The maximum absolute atomic E-state index is 14.2. The van der Waals surface area contributed by atoms with Crippen molar-refractivity contribution in [2.45, 2.75) is 18.9 Å². The molecule has 5 nitrogen and oxygen atoms in total.